The summed E-state index contributed by atoms with van der Waals surface area (Å²) in [5, 5.41) is 11.7. The predicted molar refractivity (Wildman–Crippen MR) is 78.1 cm³/mol. The standard InChI is InChI=1S/C14H18N2O4S/c1-9(17)15-7-11-4-5-12(21-11)13(18)16-6-2-3-10(8-16)14(19)20/h4-5,10H,2-3,6-8H2,1H3,(H,15,17)(H,19,20)/t10-/m0/s1. The molecule has 0 saturated carbocycles. The Bertz CT molecular complexity index is 555. The van der Waals surface area contributed by atoms with Crippen molar-refractivity contribution in [3.63, 3.8) is 0 Å². The van der Waals surface area contributed by atoms with Gasteiger partial charge in [-0.25, -0.2) is 0 Å². The van der Waals surface area contributed by atoms with E-state index in [-0.39, 0.29) is 18.4 Å². The number of carboxylic acid groups (broad SMARTS) is 1. The average molecular weight is 310 g/mol. The lowest BCUT2D eigenvalue weighted by atomic mass is 9.98. The van der Waals surface area contributed by atoms with Crippen molar-refractivity contribution < 1.29 is 19.5 Å². The smallest absolute Gasteiger partial charge is 0.308 e. The fraction of sp³-hybridized carbons (Fsp3) is 0.500. The van der Waals surface area contributed by atoms with Crippen LogP contribution in [0.25, 0.3) is 0 Å². The minimum Gasteiger partial charge on any atom is -0.481 e. The molecule has 0 aliphatic carbocycles. The van der Waals surface area contributed by atoms with E-state index in [4.69, 9.17) is 5.11 Å². The molecule has 2 rings (SSSR count). The number of amides is 2. The van der Waals surface area contributed by atoms with Gasteiger partial charge in [-0.2, -0.15) is 0 Å². The number of aliphatic carboxylic acids is 1. The number of nitrogens with one attached hydrogen (secondary N) is 1. The first-order chi connectivity index (χ1) is 9.97. The van der Waals surface area contributed by atoms with Crippen molar-refractivity contribution in [3.05, 3.63) is 21.9 Å². The Morgan fingerprint density at radius 2 is 2.19 bits per heavy atom. The number of piperidine rings is 1. The molecule has 1 aromatic heterocycles. The molecule has 0 unspecified atom stereocenters. The van der Waals surface area contributed by atoms with Crippen molar-refractivity contribution in [3.8, 4) is 0 Å². The van der Waals surface area contributed by atoms with Crippen molar-refractivity contribution in [2.45, 2.75) is 26.3 Å². The summed E-state index contributed by atoms with van der Waals surface area (Å²) >= 11 is 1.33. The summed E-state index contributed by atoms with van der Waals surface area (Å²) in [5.74, 6) is -1.55. The zero-order valence-electron chi connectivity index (χ0n) is 11.8. The quantitative estimate of drug-likeness (QED) is 0.878. The van der Waals surface area contributed by atoms with Crippen LogP contribution >= 0.6 is 11.3 Å². The van der Waals surface area contributed by atoms with Crippen LogP contribution in [0.15, 0.2) is 12.1 Å². The van der Waals surface area contributed by atoms with Gasteiger partial charge in [0.15, 0.2) is 0 Å². The Labute approximate surface area is 126 Å². The normalized spacial score (nSPS) is 18.3. The highest BCUT2D eigenvalue weighted by atomic mass is 32.1. The molecule has 2 heterocycles. The summed E-state index contributed by atoms with van der Waals surface area (Å²) in [6.45, 7) is 2.72. The zero-order valence-corrected chi connectivity index (χ0v) is 12.6. The first-order valence-electron chi connectivity index (χ1n) is 6.82. The van der Waals surface area contributed by atoms with Gasteiger partial charge in [-0.3, -0.25) is 14.4 Å². The van der Waals surface area contributed by atoms with Crippen molar-refractivity contribution in [1.82, 2.24) is 10.2 Å². The number of thiophene rings is 1. The van der Waals surface area contributed by atoms with E-state index in [1.807, 2.05) is 6.07 Å². The largest absolute Gasteiger partial charge is 0.481 e. The Hall–Kier alpha value is -1.89. The van der Waals surface area contributed by atoms with Crippen LogP contribution < -0.4 is 5.32 Å². The van der Waals surface area contributed by atoms with E-state index in [0.717, 1.165) is 4.88 Å². The predicted octanol–water partition coefficient (Wildman–Crippen LogP) is 1.32. The maximum absolute atomic E-state index is 12.4. The maximum atomic E-state index is 12.4. The number of likely N-dealkylation sites (tertiary alicyclic amines) is 1. The lowest BCUT2D eigenvalue weighted by Gasteiger charge is -2.30. The van der Waals surface area contributed by atoms with Gasteiger partial charge in [-0.1, -0.05) is 0 Å². The number of carbonyl (C=O) groups excluding carboxylic acids is 2. The highest BCUT2D eigenvalue weighted by Gasteiger charge is 2.29. The van der Waals surface area contributed by atoms with Crippen molar-refractivity contribution in [2.75, 3.05) is 13.1 Å². The number of hydrogen-bond donors (Lipinski definition) is 2. The first-order valence-corrected chi connectivity index (χ1v) is 7.64. The van der Waals surface area contributed by atoms with Crippen LogP contribution in [-0.2, 0) is 16.1 Å². The third-order valence-electron chi connectivity index (χ3n) is 3.44. The van der Waals surface area contributed by atoms with Crippen LogP contribution in [0.1, 0.15) is 34.3 Å². The fourth-order valence-electron chi connectivity index (χ4n) is 2.32. The average Bonchev–Trinajstić information content (AvgIpc) is 2.93. The second-order valence-electron chi connectivity index (χ2n) is 5.10. The van der Waals surface area contributed by atoms with Crippen LogP contribution in [0.2, 0.25) is 0 Å². The molecule has 6 nitrogen and oxygen atoms in total. The summed E-state index contributed by atoms with van der Waals surface area (Å²) < 4.78 is 0. The fourth-order valence-corrected chi connectivity index (χ4v) is 3.23. The Morgan fingerprint density at radius 1 is 1.43 bits per heavy atom. The van der Waals surface area contributed by atoms with Crippen LogP contribution in [0.4, 0.5) is 0 Å². The van der Waals surface area contributed by atoms with Gasteiger partial charge >= 0.3 is 5.97 Å². The molecular formula is C14H18N2O4S. The van der Waals surface area contributed by atoms with E-state index >= 15 is 0 Å². The van der Waals surface area contributed by atoms with Crippen molar-refractivity contribution in [1.29, 1.82) is 0 Å². The summed E-state index contributed by atoms with van der Waals surface area (Å²) in [6, 6.07) is 3.54. The molecule has 114 valence electrons. The number of nitrogens with zero attached hydrogens (tertiary/aromatic N) is 1. The minimum absolute atomic E-state index is 0.114. The summed E-state index contributed by atoms with van der Waals surface area (Å²) in [4.78, 5) is 37.4. The lowest BCUT2D eigenvalue weighted by molar-refractivity contribution is -0.143. The van der Waals surface area contributed by atoms with E-state index in [2.05, 4.69) is 5.32 Å². The highest BCUT2D eigenvalue weighted by molar-refractivity contribution is 7.14. The number of carboxylic acids is 1. The number of hydrogen-bond acceptors (Lipinski definition) is 4. The van der Waals surface area contributed by atoms with Gasteiger partial charge < -0.3 is 15.3 Å². The number of carbonyl (C=O) groups is 3. The zero-order chi connectivity index (χ0) is 15.4. The monoisotopic (exact) mass is 310 g/mol. The van der Waals surface area contributed by atoms with Crippen molar-refractivity contribution in [2.24, 2.45) is 5.92 Å². The molecule has 0 bridgehead atoms. The number of rotatable bonds is 4. The Kier molecular flexibility index (Phi) is 4.95. The molecule has 1 aromatic rings. The second-order valence-corrected chi connectivity index (χ2v) is 6.27. The minimum atomic E-state index is -0.843. The van der Waals surface area contributed by atoms with Crippen LogP contribution in [0, 0.1) is 5.92 Å². The molecule has 0 radical (unpaired) electrons. The molecular weight excluding hydrogens is 292 g/mol. The van der Waals surface area contributed by atoms with Gasteiger partial charge in [0.05, 0.1) is 17.3 Å². The lowest BCUT2D eigenvalue weighted by Crippen LogP contribution is -2.42. The molecule has 7 heteroatoms. The molecule has 2 amide bonds. The second kappa shape index (κ2) is 6.71. The van der Waals surface area contributed by atoms with Gasteiger partial charge in [0, 0.05) is 24.9 Å². The van der Waals surface area contributed by atoms with Crippen molar-refractivity contribution >= 4 is 29.1 Å². The van der Waals surface area contributed by atoms with E-state index in [1.54, 1.807) is 11.0 Å². The van der Waals surface area contributed by atoms with Gasteiger partial charge in [0.1, 0.15) is 0 Å². The molecule has 2 N–H and O–H groups in total. The van der Waals surface area contributed by atoms with E-state index in [1.165, 1.54) is 18.3 Å². The van der Waals surface area contributed by atoms with Gasteiger partial charge in [-0.05, 0) is 25.0 Å². The molecule has 0 aromatic carbocycles. The Morgan fingerprint density at radius 3 is 2.86 bits per heavy atom. The molecule has 1 atom stereocenters. The molecule has 1 saturated heterocycles. The van der Waals surface area contributed by atoms with Crippen LogP contribution in [0.5, 0.6) is 0 Å². The molecule has 1 aliphatic rings. The highest BCUT2D eigenvalue weighted by Crippen LogP contribution is 2.22. The summed E-state index contributed by atoms with van der Waals surface area (Å²) in [5.41, 5.74) is 0. The van der Waals surface area contributed by atoms with Crippen LogP contribution in [-0.4, -0.2) is 40.9 Å². The molecule has 1 aliphatic heterocycles. The molecule has 21 heavy (non-hydrogen) atoms. The first kappa shape index (κ1) is 15.5. The molecule has 0 spiro atoms. The topological polar surface area (TPSA) is 86.7 Å². The SMILES string of the molecule is CC(=O)NCc1ccc(C(=O)N2CCC[C@H](C(=O)O)C2)s1. The van der Waals surface area contributed by atoms with E-state index in [9.17, 15) is 14.4 Å². The maximum Gasteiger partial charge on any atom is 0.308 e. The third-order valence-corrected chi connectivity index (χ3v) is 4.52. The molecule has 1 fully saturated rings. The third kappa shape index (κ3) is 4.04. The van der Waals surface area contributed by atoms with E-state index < -0.39 is 11.9 Å². The summed E-state index contributed by atoms with van der Waals surface area (Å²) in [6.07, 6.45) is 1.34. The van der Waals surface area contributed by atoms with Crippen LogP contribution in [0.3, 0.4) is 0 Å². The van der Waals surface area contributed by atoms with Gasteiger partial charge in [0.25, 0.3) is 5.91 Å². The van der Waals surface area contributed by atoms with E-state index in [0.29, 0.717) is 30.8 Å². The Balaban J connectivity index is 1.99. The van der Waals surface area contributed by atoms with Gasteiger partial charge in [-0.15, -0.1) is 11.3 Å². The summed E-state index contributed by atoms with van der Waals surface area (Å²) in [7, 11) is 0. The van der Waals surface area contributed by atoms with Gasteiger partial charge in [0.2, 0.25) is 5.91 Å².